The number of nitrogens with zero attached hydrogens (tertiary/aromatic N) is 4. The smallest absolute Gasteiger partial charge is 0.294 e. The van der Waals surface area contributed by atoms with Crippen molar-refractivity contribution in [1.82, 2.24) is 9.88 Å². The second-order valence-electron chi connectivity index (χ2n) is 7.52. The number of rotatable bonds is 5. The Morgan fingerprint density at radius 1 is 1.07 bits per heavy atom. The molecule has 3 heterocycles. The summed E-state index contributed by atoms with van der Waals surface area (Å²) in [6.45, 7) is 6.51. The molecule has 6 nitrogen and oxygen atoms in total. The minimum absolute atomic E-state index is 0.165. The number of hydrogen-bond acceptors (Lipinski definition) is 5. The molecule has 1 aliphatic rings. The van der Waals surface area contributed by atoms with Crippen LogP contribution in [0.25, 0.3) is 0 Å². The Balaban J connectivity index is 1.54. The Labute approximate surface area is 171 Å². The molecule has 0 saturated carbocycles. The van der Waals surface area contributed by atoms with Crippen molar-refractivity contribution in [1.29, 1.82) is 0 Å². The van der Waals surface area contributed by atoms with Gasteiger partial charge in [0.05, 0.1) is 12.8 Å². The standard InChI is InChI=1S/C23H26N4O2/c1-18-5-8-20(9-6-18)27(23(28)21-4-3-15-29-21)17-19-7-10-22(24-16-19)26-13-11-25(2)12-14-26/h3-10,15-16H,11-14,17H2,1-2H3. The van der Waals surface area contributed by atoms with E-state index in [9.17, 15) is 4.79 Å². The molecule has 1 aliphatic heterocycles. The zero-order valence-electron chi connectivity index (χ0n) is 16.9. The lowest BCUT2D eigenvalue weighted by Gasteiger charge is -2.33. The van der Waals surface area contributed by atoms with Crippen molar-refractivity contribution >= 4 is 17.4 Å². The number of furan rings is 1. The number of carbonyl (C=O) groups is 1. The summed E-state index contributed by atoms with van der Waals surface area (Å²) in [4.78, 5) is 24.0. The molecule has 0 N–H and O–H groups in total. The number of aryl methyl sites for hydroxylation is 1. The van der Waals surface area contributed by atoms with Crippen molar-refractivity contribution in [2.75, 3.05) is 43.0 Å². The molecule has 1 fully saturated rings. The summed E-state index contributed by atoms with van der Waals surface area (Å²) in [6, 6.07) is 15.5. The first-order valence-electron chi connectivity index (χ1n) is 9.90. The van der Waals surface area contributed by atoms with Crippen LogP contribution < -0.4 is 9.80 Å². The third-order valence-electron chi connectivity index (χ3n) is 5.30. The molecule has 0 atom stereocenters. The maximum atomic E-state index is 13.0. The molecule has 0 aliphatic carbocycles. The van der Waals surface area contributed by atoms with Crippen molar-refractivity contribution in [2.45, 2.75) is 13.5 Å². The van der Waals surface area contributed by atoms with E-state index < -0.39 is 0 Å². The van der Waals surface area contributed by atoms with E-state index in [1.54, 1.807) is 17.0 Å². The lowest BCUT2D eigenvalue weighted by molar-refractivity contribution is 0.0958. The van der Waals surface area contributed by atoms with Crippen molar-refractivity contribution in [2.24, 2.45) is 0 Å². The van der Waals surface area contributed by atoms with Crippen LogP contribution in [0.4, 0.5) is 11.5 Å². The van der Waals surface area contributed by atoms with Gasteiger partial charge in [0.25, 0.3) is 5.91 Å². The van der Waals surface area contributed by atoms with E-state index in [1.165, 1.54) is 6.26 Å². The quantitative estimate of drug-likeness (QED) is 0.667. The Morgan fingerprint density at radius 3 is 2.45 bits per heavy atom. The van der Waals surface area contributed by atoms with Gasteiger partial charge in [0, 0.05) is 38.1 Å². The molecule has 1 aromatic carbocycles. The van der Waals surface area contributed by atoms with Gasteiger partial charge in [-0.25, -0.2) is 4.98 Å². The van der Waals surface area contributed by atoms with Gasteiger partial charge >= 0.3 is 0 Å². The van der Waals surface area contributed by atoms with E-state index in [2.05, 4.69) is 27.9 Å². The molecule has 0 radical (unpaired) electrons. The average molecular weight is 390 g/mol. The molecule has 150 valence electrons. The van der Waals surface area contributed by atoms with Crippen LogP contribution in [0.5, 0.6) is 0 Å². The van der Waals surface area contributed by atoms with Crippen LogP contribution in [-0.2, 0) is 6.54 Å². The highest BCUT2D eigenvalue weighted by molar-refractivity contribution is 6.04. The summed E-state index contributed by atoms with van der Waals surface area (Å²) in [6.07, 6.45) is 3.39. The van der Waals surface area contributed by atoms with E-state index in [1.807, 2.05) is 43.5 Å². The predicted molar refractivity (Wildman–Crippen MR) is 114 cm³/mol. The molecular weight excluding hydrogens is 364 g/mol. The molecule has 6 heteroatoms. The number of carbonyl (C=O) groups excluding carboxylic acids is 1. The van der Waals surface area contributed by atoms with E-state index >= 15 is 0 Å². The Hall–Kier alpha value is -3.12. The maximum Gasteiger partial charge on any atom is 0.294 e. The zero-order valence-corrected chi connectivity index (χ0v) is 16.9. The van der Waals surface area contributed by atoms with Gasteiger partial charge in [0.15, 0.2) is 5.76 Å². The Kier molecular flexibility index (Phi) is 5.62. The van der Waals surface area contributed by atoms with Crippen LogP contribution in [0, 0.1) is 6.92 Å². The fourth-order valence-electron chi connectivity index (χ4n) is 3.45. The summed E-state index contributed by atoms with van der Waals surface area (Å²) in [5.74, 6) is 1.15. The third kappa shape index (κ3) is 4.49. The van der Waals surface area contributed by atoms with Gasteiger partial charge in [-0.1, -0.05) is 23.8 Å². The molecule has 4 rings (SSSR count). The molecule has 0 bridgehead atoms. The fraction of sp³-hybridized carbons (Fsp3) is 0.304. The number of amides is 1. The predicted octanol–water partition coefficient (Wildman–Crippen LogP) is 3.58. The van der Waals surface area contributed by atoms with E-state index in [0.29, 0.717) is 12.3 Å². The summed E-state index contributed by atoms with van der Waals surface area (Å²) < 4.78 is 5.35. The summed E-state index contributed by atoms with van der Waals surface area (Å²) >= 11 is 0. The molecule has 1 amide bonds. The SMILES string of the molecule is Cc1ccc(N(Cc2ccc(N3CCN(C)CC3)nc2)C(=O)c2ccco2)cc1. The first-order valence-corrected chi connectivity index (χ1v) is 9.90. The Morgan fingerprint density at radius 2 is 1.83 bits per heavy atom. The molecular formula is C23H26N4O2. The number of piperazine rings is 1. The molecule has 3 aromatic rings. The molecule has 29 heavy (non-hydrogen) atoms. The number of anilines is 2. The highest BCUT2D eigenvalue weighted by atomic mass is 16.3. The summed E-state index contributed by atoms with van der Waals surface area (Å²) in [5.41, 5.74) is 2.96. The van der Waals surface area contributed by atoms with Gasteiger partial charge in [-0.05, 0) is 49.9 Å². The normalized spacial score (nSPS) is 14.8. The lowest BCUT2D eigenvalue weighted by atomic mass is 10.1. The molecule has 1 saturated heterocycles. The van der Waals surface area contributed by atoms with Crippen molar-refractivity contribution in [3.8, 4) is 0 Å². The van der Waals surface area contributed by atoms with Crippen LogP contribution in [0.3, 0.4) is 0 Å². The zero-order chi connectivity index (χ0) is 20.2. The average Bonchev–Trinajstić information content (AvgIpc) is 3.28. The van der Waals surface area contributed by atoms with Gasteiger partial charge in [-0.15, -0.1) is 0 Å². The van der Waals surface area contributed by atoms with Gasteiger partial charge in [-0.2, -0.15) is 0 Å². The van der Waals surface area contributed by atoms with Gasteiger partial charge in [-0.3, -0.25) is 4.79 Å². The van der Waals surface area contributed by atoms with Gasteiger partial charge in [0.1, 0.15) is 5.82 Å². The minimum atomic E-state index is -0.165. The number of hydrogen-bond donors (Lipinski definition) is 0. The maximum absolute atomic E-state index is 13.0. The van der Waals surface area contributed by atoms with Gasteiger partial charge < -0.3 is 19.1 Å². The number of benzene rings is 1. The van der Waals surface area contributed by atoms with Gasteiger partial charge in [0.2, 0.25) is 0 Å². The first-order chi connectivity index (χ1) is 14.1. The van der Waals surface area contributed by atoms with Crippen molar-refractivity contribution in [3.05, 3.63) is 77.9 Å². The molecule has 0 spiro atoms. The molecule has 0 unspecified atom stereocenters. The van der Waals surface area contributed by atoms with E-state index in [0.717, 1.165) is 48.8 Å². The van der Waals surface area contributed by atoms with Crippen LogP contribution in [0.15, 0.2) is 65.4 Å². The molecule has 2 aromatic heterocycles. The largest absolute Gasteiger partial charge is 0.459 e. The first kappa shape index (κ1) is 19.2. The topological polar surface area (TPSA) is 52.8 Å². The van der Waals surface area contributed by atoms with Crippen LogP contribution in [0.1, 0.15) is 21.7 Å². The van der Waals surface area contributed by atoms with E-state index in [-0.39, 0.29) is 5.91 Å². The second-order valence-corrected chi connectivity index (χ2v) is 7.52. The number of aromatic nitrogens is 1. The van der Waals surface area contributed by atoms with Crippen LogP contribution in [0.2, 0.25) is 0 Å². The minimum Gasteiger partial charge on any atom is -0.459 e. The highest BCUT2D eigenvalue weighted by Gasteiger charge is 2.21. The summed E-state index contributed by atoms with van der Waals surface area (Å²) in [5, 5.41) is 0. The van der Waals surface area contributed by atoms with Crippen LogP contribution >= 0.6 is 0 Å². The Bertz CT molecular complexity index is 928. The second kappa shape index (κ2) is 8.49. The van der Waals surface area contributed by atoms with E-state index in [4.69, 9.17) is 4.42 Å². The summed E-state index contributed by atoms with van der Waals surface area (Å²) in [7, 11) is 2.14. The monoisotopic (exact) mass is 390 g/mol. The number of likely N-dealkylation sites (N-methyl/N-ethyl adjacent to an activating group) is 1. The fourth-order valence-corrected chi connectivity index (χ4v) is 3.45. The third-order valence-corrected chi connectivity index (χ3v) is 5.30. The number of pyridine rings is 1. The lowest BCUT2D eigenvalue weighted by Crippen LogP contribution is -2.44. The van der Waals surface area contributed by atoms with Crippen LogP contribution in [-0.4, -0.2) is 49.0 Å². The van der Waals surface area contributed by atoms with Crippen molar-refractivity contribution in [3.63, 3.8) is 0 Å². The highest BCUT2D eigenvalue weighted by Crippen LogP contribution is 2.22. The van der Waals surface area contributed by atoms with Crippen molar-refractivity contribution < 1.29 is 9.21 Å².